The molecule has 23 heavy (non-hydrogen) atoms. The largest absolute Gasteiger partial charge is 0.462 e. The van der Waals surface area contributed by atoms with Crippen LogP contribution in [0.2, 0.25) is 0 Å². The summed E-state index contributed by atoms with van der Waals surface area (Å²) in [5, 5.41) is 9.19. The minimum absolute atomic E-state index is 0.0677. The Morgan fingerprint density at radius 3 is 2.00 bits per heavy atom. The maximum atomic E-state index is 11.7. The van der Waals surface area contributed by atoms with Gasteiger partial charge < -0.3 is 14.6 Å². The van der Waals surface area contributed by atoms with Crippen LogP contribution in [0.4, 0.5) is 0 Å². The van der Waals surface area contributed by atoms with Crippen molar-refractivity contribution in [1.82, 2.24) is 0 Å². The molecule has 0 rings (SSSR count). The van der Waals surface area contributed by atoms with E-state index in [2.05, 4.69) is 6.92 Å². The van der Waals surface area contributed by atoms with Crippen LogP contribution in [-0.2, 0) is 19.1 Å². The minimum Gasteiger partial charge on any atom is -0.462 e. The Balaban J connectivity index is 3.69. The number of hydrogen-bond donors (Lipinski definition) is 1. The molecule has 0 aliphatic heterocycles. The Kier molecular flexibility index (Phi) is 15.0. The van der Waals surface area contributed by atoms with Gasteiger partial charge in [-0.3, -0.25) is 9.59 Å². The van der Waals surface area contributed by atoms with Gasteiger partial charge in [0.25, 0.3) is 0 Å². The van der Waals surface area contributed by atoms with Gasteiger partial charge in [0.1, 0.15) is 6.61 Å². The Hall–Kier alpha value is -1.10. The first-order valence-electron chi connectivity index (χ1n) is 9.09. The summed E-state index contributed by atoms with van der Waals surface area (Å²) in [7, 11) is 0. The predicted octanol–water partition coefficient (Wildman–Crippen LogP) is 3.76. The van der Waals surface area contributed by atoms with Crippen LogP contribution in [0.3, 0.4) is 0 Å². The average molecular weight is 330 g/mol. The molecule has 5 heteroatoms. The van der Waals surface area contributed by atoms with Gasteiger partial charge >= 0.3 is 11.9 Å². The molecule has 0 aliphatic rings. The quantitative estimate of drug-likeness (QED) is 0.365. The molecule has 0 amide bonds. The van der Waals surface area contributed by atoms with E-state index < -0.39 is 6.10 Å². The molecule has 0 saturated carbocycles. The number of rotatable bonds is 15. The zero-order chi connectivity index (χ0) is 17.3. The van der Waals surface area contributed by atoms with Crippen molar-refractivity contribution in [3.05, 3.63) is 0 Å². The third-order valence-corrected chi connectivity index (χ3v) is 3.65. The first-order chi connectivity index (χ1) is 11.1. The van der Waals surface area contributed by atoms with Crippen LogP contribution in [0, 0.1) is 0 Å². The lowest BCUT2D eigenvalue weighted by Crippen LogP contribution is -2.28. The average Bonchev–Trinajstić information content (AvgIpc) is 2.55. The summed E-state index contributed by atoms with van der Waals surface area (Å²) in [6.45, 7) is 3.79. The van der Waals surface area contributed by atoms with Crippen molar-refractivity contribution in [2.24, 2.45) is 0 Å². The van der Waals surface area contributed by atoms with Gasteiger partial charge in [0, 0.05) is 12.8 Å². The molecule has 0 aromatic carbocycles. The molecular weight excluding hydrogens is 296 g/mol. The third kappa shape index (κ3) is 14.2. The lowest BCUT2D eigenvalue weighted by Gasteiger charge is -2.15. The van der Waals surface area contributed by atoms with Gasteiger partial charge in [0.05, 0.1) is 6.61 Å². The summed E-state index contributed by atoms with van der Waals surface area (Å²) < 4.78 is 10.1. The Morgan fingerprint density at radius 1 is 0.826 bits per heavy atom. The van der Waals surface area contributed by atoms with Crippen molar-refractivity contribution in [2.45, 2.75) is 90.6 Å². The standard InChI is InChI=1S/C18H34O5/c1-3-5-7-8-9-10-11-13-18(21)23-16(14-19)15-22-17(20)12-6-4-2/h16,19H,3-15H2,1-2H3. The van der Waals surface area contributed by atoms with E-state index in [1.165, 1.54) is 25.7 Å². The zero-order valence-electron chi connectivity index (χ0n) is 14.8. The van der Waals surface area contributed by atoms with Crippen molar-refractivity contribution in [1.29, 1.82) is 0 Å². The van der Waals surface area contributed by atoms with Gasteiger partial charge in [-0.2, -0.15) is 0 Å². The van der Waals surface area contributed by atoms with Crippen LogP contribution in [0.15, 0.2) is 0 Å². The second kappa shape index (κ2) is 15.8. The summed E-state index contributed by atoms with van der Waals surface area (Å²) in [5.41, 5.74) is 0. The summed E-state index contributed by atoms with van der Waals surface area (Å²) >= 11 is 0. The van der Waals surface area contributed by atoms with Crippen LogP contribution in [-0.4, -0.2) is 36.4 Å². The molecule has 0 spiro atoms. The first-order valence-corrected chi connectivity index (χ1v) is 9.09. The van der Waals surface area contributed by atoms with E-state index in [0.29, 0.717) is 12.8 Å². The van der Waals surface area contributed by atoms with Gasteiger partial charge in [0.15, 0.2) is 6.10 Å². The molecule has 0 bridgehead atoms. The number of carbonyl (C=O) groups is 2. The second-order valence-corrected chi connectivity index (χ2v) is 5.95. The van der Waals surface area contributed by atoms with Crippen molar-refractivity contribution >= 4 is 11.9 Å². The van der Waals surface area contributed by atoms with E-state index >= 15 is 0 Å². The lowest BCUT2D eigenvalue weighted by atomic mass is 10.1. The molecule has 0 saturated heterocycles. The third-order valence-electron chi connectivity index (χ3n) is 3.65. The van der Waals surface area contributed by atoms with Crippen molar-refractivity contribution in [3.8, 4) is 0 Å². The van der Waals surface area contributed by atoms with E-state index in [0.717, 1.165) is 32.1 Å². The molecule has 0 aliphatic carbocycles. The summed E-state index contributed by atoms with van der Waals surface area (Å²) in [6.07, 6.45) is 9.63. The van der Waals surface area contributed by atoms with Gasteiger partial charge in [0.2, 0.25) is 0 Å². The Morgan fingerprint density at radius 2 is 1.39 bits per heavy atom. The highest BCUT2D eigenvalue weighted by Crippen LogP contribution is 2.09. The number of carbonyl (C=O) groups excluding carboxylic acids is 2. The first kappa shape index (κ1) is 21.9. The fraction of sp³-hybridized carbons (Fsp3) is 0.889. The number of hydrogen-bond acceptors (Lipinski definition) is 5. The van der Waals surface area contributed by atoms with Crippen molar-refractivity contribution < 1.29 is 24.2 Å². The molecule has 0 heterocycles. The molecule has 1 unspecified atom stereocenters. The van der Waals surface area contributed by atoms with E-state index in [1.807, 2.05) is 6.92 Å². The maximum Gasteiger partial charge on any atom is 0.306 e. The van der Waals surface area contributed by atoms with Gasteiger partial charge in [-0.05, 0) is 12.8 Å². The molecule has 5 nitrogen and oxygen atoms in total. The Labute approximate surface area is 140 Å². The summed E-state index contributed by atoms with van der Waals surface area (Å²) in [4.78, 5) is 23.1. The minimum atomic E-state index is -0.752. The zero-order valence-corrected chi connectivity index (χ0v) is 14.8. The Bertz CT molecular complexity index is 304. The summed E-state index contributed by atoms with van der Waals surface area (Å²) in [5.74, 6) is -0.643. The van der Waals surface area contributed by atoms with Crippen LogP contribution in [0.1, 0.15) is 84.5 Å². The highest BCUT2D eigenvalue weighted by Gasteiger charge is 2.15. The van der Waals surface area contributed by atoms with Crippen molar-refractivity contribution in [2.75, 3.05) is 13.2 Å². The van der Waals surface area contributed by atoms with Crippen molar-refractivity contribution in [3.63, 3.8) is 0 Å². The monoisotopic (exact) mass is 330 g/mol. The van der Waals surface area contributed by atoms with Crippen LogP contribution >= 0.6 is 0 Å². The lowest BCUT2D eigenvalue weighted by molar-refractivity contribution is -0.161. The molecule has 0 aromatic heterocycles. The van der Waals surface area contributed by atoms with Crippen LogP contribution in [0.5, 0.6) is 0 Å². The predicted molar refractivity (Wildman–Crippen MR) is 90.1 cm³/mol. The normalized spacial score (nSPS) is 12.0. The van der Waals surface area contributed by atoms with Gasteiger partial charge in [-0.15, -0.1) is 0 Å². The molecule has 1 atom stereocenters. The number of unbranched alkanes of at least 4 members (excludes halogenated alkanes) is 7. The number of aliphatic hydroxyl groups is 1. The second-order valence-electron chi connectivity index (χ2n) is 5.95. The molecular formula is C18H34O5. The summed E-state index contributed by atoms with van der Waals surface area (Å²) in [6, 6.07) is 0. The van der Waals surface area contributed by atoms with Crippen LogP contribution in [0.25, 0.3) is 0 Å². The smallest absolute Gasteiger partial charge is 0.306 e. The van der Waals surface area contributed by atoms with E-state index in [9.17, 15) is 14.7 Å². The van der Waals surface area contributed by atoms with Gasteiger partial charge in [-0.1, -0.05) is 58.8 Å². The van der Waals surface area contributed by atoms with E-state index in [4.69, 9.17) is 9.47 Å². The number of ether oxygens (including phenoxy) is 2. The SMILES string of the molecule is CCCCCCCCCC(=O)OC(CO)COC(=O)CCCC. The number of esters is 2. The van der Waals surface area contributed by atoms with Gasteiger partial charge in [-0.25, -0.2) is 0 Å². The molecule has 1 N–H and O–H groups in total. The topological polar surface area (TPSA) is 72.8 Å². The van der Waals surface area contributed by atoms with Crippen LogP contribution < -0.4 is 0 Å². The highest BCUT2D eigenvalue weighted by atomic mass is 16.6. The molecule has 0 fully saturated rings. The highest BCUT2D eigenvalue weighted by molar-refractivity contribution is 5.70. The van der Waals surface area contributed by atoms with E-state index in [-0.39, 0.29) is 25.2 Å². The fourth-order valence-corrected chi connectivity index (χ4v) is 2.17. The maximum absolute atomic E-state index is 11.7. The fourth-order valence-electron chi connectivity index (χ4n) is 2.17. The molecule has 136 valence electrons. The number of aliphatic hydroxyl groups excluding tert-OH is 1. The molecule has 0 aromatic rings. The van der Waals surface area contributed by atoms with E-state index in [1.54, 1.807) is 0 Å². The molecule has 0 radical (unpaired) electrons.